The Hall–Kier alpha value is -1.12. The van der Waals surface area contributed by atoms with Crippen LogP contribution in [0, 0.1) is 17.8 Å². The van der Waals surface area contributed by atoms with Gasteiger partial charge in [0.2, 0.25) is 0 Å². The molecule has 16 heavy (non-hydrogen) atoms. The Kier molecular flexibility index (Phi) is 2.64. The normalized spacial score (nSPS) is 32.2. The van der Waals surface area contributed by atoms with Gasteiger partial charge in [0.15, 0.2) is 0 Å². The molecule has 88 valence electrons. The number of hydrogen-bond donors (Lipinski definition) is 0. The van der Waals surface area contributed by atoms with Crippen molar-refractivity contribution in [1.82, 2.24) is 0 Å². The average molecular weight is 222 g/mol. The van der Waals surface area contributed by atoms with E-state index in [4.69, 9.17) is 4.74 Å². The van der Waals surface area contributed by atoms with Crippen LogP contribution in [0.15, 0.2) is 12.2 Å². The second-order valence-corrected chi connectivity index (χ2v) is 5.71. The molecule has 2 aliphatic rings. The molecule has 3 atom stereocenters. The smallest absolute Gasteiger partial charge is 0.306 e. The Morgan fingerprint density at radius 2 is 2.12 bits per heavy atom. The van der Waals surface area contributed by atoms with E-state index in [1.165, 1.54) is 0 Å². The molecule has 0 amide bonds. The average Bonchev–Trinajstić information content (AvgIpc) is 2.57. The van der Waals surface area contributed by atoms with Gasteiger partial charge in [-0.3, -0.25) is 9.59 Å². The minimum atomic E-state index is -0.436. The van der Waals surface area contributed by atoms with Crippen LogP contribution in [0.25, 0.3) is 0 Å². The summed E-state index contributed by atoms with van der Waals surface area (Å²) in [6, 6.07) is 0. The van der Waals surface area contributed by atoms with Gasteiger partial charge < -0.3 is 4.74 Å². The number of rotatable bonds is 2. The standard InChI is InChI=1S/C13H18O3/c1-13(2,3)16-11(14)7-9-6-8-4-5-10(9)12(8)15/h4-5,8-10H,6-7H2,1-3H3. The molecule has 0 N–H and O–H groups in total. The van der Waals surface area contributed by atoms with Crippen molar-refractivity contribution in [2.24, 2.45) is 17.8 Å². The molecule has 0 aromatic heterocycles. The number of hydrogen-bond acceptors (Lipinski definition) is 3. The molecule has 3 heteroatoms. The third kappa shape index (κ3) is 2.18. The minimum absolute atomic E-state index is 0.0301. The molecule has 0 spiro atoms. The fraction of sp³-hybridized carbons (Fsp3) is 0.692. The minimum Gasteiger partial charge on any atom is -0.460 e. The summed E-state index contributed by atoms with van der Waals surface area (Å²) in [7, 11) is 0. The maximum absolute atomic E-state index is 11.6. The molecule has 3 nitrogen and oxygen atoms in total. The quantitative estimate of drug-likeness (QED) is 0.531. The lowest BCUT2D eigenvalue weighted by Gasteiger charge is -2.22. The highest BCUT2D eigenvalue weighted by atomic mass is 16.6. The van der Waals surface area contributed by atoms with Crippen LogP contribution in [0.5, 0.6) is 0 Å². The largest absolute Gasteiger partial charge is 0.460 e. The van der Waals surface area contributed by atoms with Crippen LogP contribution in [-0.4, -0.2) is 17.4 Å². The van der Waals surface area contributed by atoms with Gasteiger partial charge in [-0.2, -0.15) is 0 Å². The molecule has 1 fully saturated rings. The highest BCUT2D eigenvalue weighted by Gasteiger charge is 2.44. The SMILES string of the molecule is CC(C)(C)OC(=O)CC1CC2C=CC1C2=O. The summed E-state index contributed by atoms with van der Waals surface area (Å²) < 4.78 is 5.27. The van der Waals surface area contributed by atoms with Crippen LogP contribution in [0.4, 0.5) is 0 Å². The van der Waals surface area contributed by atoms with Crippen LogP contribution in [-0.2, 0) is 14.3 Å². The molecule has 2 rings (SSSR count). The fourth-order valence-corrected chi connectivity index (χ4v) is 2.56. The fourth-order valence-electron chi connectivity index (χ4n) is 2.56. The molecule has 3 unspecified atom stereocenters. The van der Waals surface area contributed by atoms with Crippen molar-refractivity contribution in [2.45, 2.75) is 39.2 Å². The van der Waals surface area contributed by atoms with Crippen molar-refractivity contribution in [1.29, 1.82) is 0 Å². The lowest BCUT2D eigenvalue weighted by atomic mass is 9.90. The Balaban J connectivity index is 1.90. The van der Waals surface area contributed by atoms with Crippen molar-refractivity contribution in [3.05, 3.63) is 12.2 Å². The van der Waals surface area contributed by atoms with E-state index in [0.29, 0.717) is 6.42 Å². The highest BCUT2D eigenvalue weighted by molar-refractivity contribution is 5.92. The zero-order valence-corrected chi connectivity index (χ0v) is 10.0. The lowest BCUT2D eigenvalue weighted by Crippen LogP contribution is -2.26. The molecule has 1 saturated carbocycles. The number of esters is 1. The predicted molar refractivity (Wildman–Crippen MR) is 59.7 cm³/mol. The second-order valence-electron chi connectivity index (χ2n) is 5.71. The highest BCUT2D eigenvalue weighted by Crippen LogP contribution is 2.42. The van der Waals surface area contributed by atoms with Gasteiger partial charge in [0, 0.05) is 18.3 Å². The van der Waals surface area contributed by atoms with Gasteiger partial charge in [-0.1, -0.05) is 12.2 Å². The molecular weight excluding hydrogens is 204 g/mol. The molecule has 0 saturated heterocycles. The Morgan fingerprint density at radius 1 is 1.44 bits per heavy atom. The summed E-state index contributed by atoms with van der Waals surface area (Å²) in [6.45, 7) is 5.57. The molecular formula is C13H18O3. The monoisotopic (exact) mass is 222 g/mol. The van der Waals surface area contributed by atoms with E-state index in [2.05, 4.69) is 0 Å². The van der Waals surface area contributed by atoms with E-state index < -0.39 is 5.60 Å². The van der Waals surface area contributed by atoms with Crippen molar-refractivity contribution >= 4 is 11.8 Å². The predicted octanol–water partition coefficient (Wildman–Crippen LogP) is 2.11. The molecule has 0 aliphatic heterocycles. The van der Waals surface area contributed by atoms with Gasteiger partial charge in [0.25, 0.3) is 0 Å². The Labute approximate surface area is 95.9 Å². The van der Waals surface area contributed by atoms with E-state index in [-0.39, 0.29) is 29.5 Å². The maximum Gasteiger partial charge on any atom is 0.306 e. The van der Waals surface area contributed by atoms with E-state index >= 15 is 0 Å². The summed E-state index contributed by atoms with van der Waals surface area (Å²) in [5.74, 6) is 0.298. The summed E-state index contributed by atoms with van der Waals surface area (Å²) >= 11 is 0. The maximum atomic E-state index is 11.6. The summed E-state index contributed by atoms with van der Waals surface area (Å²) in [5.41, 5.74) is -0.436. The first-order chi connectivity index (χ1) is 7.37. The van der Waals surface area contributed by atoms with E-state index in [1.807, 2.05) is 32.9 Å². The number of Topliss-reactive ketones (excluding diaryl/α,β-unsaturated/α-hetero) is 1. The number of allylic oxidation sites excluding steroid dienone is 2. The van der Waals surface area contributed by atoms with Gasteiger partial charge in [-0.25, -0.2) is 0 Å². The van der Waals surface area contributed by atoms with Crippen LogP contribution >= 0.6 is 0 Å². The molecule has 0 aromatic carbocycles. The first kappa shape index (κ1) is 11.4. The summed E-state index contributed by atoms with van der Waals surface area (Å²) in [4.78, 5) is 23.3. The number of carbonyl (C=O) groups is 2. The number of carbonyl (C=O) groups excluding carboxylic acids is 2. The summed E-state index contributed by atoms with van der Waals surface area (Å²) in [5, 5.41) is 0. The Bertz CT molecular complexity index is 349. The zero-order chi connectivity index (χ0) is 11.9. The van der Waals surface area contributed by atoms with Crippen LogP contribution in [0.3, 0.4) is 0 Å². The third-order valence-corrected chi connectivity index (χ3v) is 3.16. The van der Waals surface area contributed by atoms with Crippen molar-refractivity contribution in [3.63, 3.8) is 0 Å². The summed E-state index contributed by atoms with van der Waals surface area (Å²) in [6.07, 6.45) is 5.11. The third-order valence-electron chi connectivity index (χ3n) is 3.16. The number of fused-ring (bicyclic) bond motifs is 2. The van der Waals surface area contributed by atoms with E-state index in [1.54, 1.807) is 0 Å². The number of ketones is 1. The van der Waals surface area contributed by atoms with Gasteiger partial charge in [0.05, 0.1) is 0 Å². The van der Waals surface area contributed by atoms with Gasteiger partial charge in [-0.15, -0.1) is 0 Å². The van der Waals surface area contributed by atoms with Crippen LogP contribution < -0.4 is 0 Å². The first-order valence-electron chi connectivity index (χ1n) is 5.81. The molecule has 2 aliphatic carbocycles. The second kappa shape index (κ2) is 3.72. The number of ether oxygens (including phenoxy) is 1. The van der Waals surface area contributed by atoms with Crippen molar-refractivity contribution in [2.75, 3.05) is 0 Å². The van der Waals surface area contributed by atoms with Gasteiger partial charge in [-0.05, 0) is 33.1 Å². The van der Waals surface area contributed by atoms with Crippen LogP contribution in [0.2, 0.25) is 0 Å². The van der Waals surface area contributed by atoms with Gasteiger partial charge in [0.1, 0.15) is 11.4 Å². The topological polar surface area (TPSA) is 43.4 Å². The van der Waals surface area contributed by atoms with Crippen molar-refractivity contribution < 1.29 is 14.3 Å². The Morgan fingerprint density at radius 3 is 2.56 bits per heavy atom. The molecule has 2 bridgehead atoms. The van der Waals surface area contributed by atoms with Crippen molar-refractivity contribution in [3.8, 4) is 0 Å². The molecule has 0 radical (unpaired) electrons. The van der Waals surface area contributed by atoms with E-state index in [0.717, 1.165) is 6.42 Å². The lowest BCUT2D eigenvalue weighted by molar-refractivity contribution is -0.156. The first-order valence-corrected chi connectivity index (χ1v) is 5.81. The van der Waals surface area contributed by atoms with Gasteiger partial charge >= 0.3 is 5.97 Å². The molecule has 0 heterocycles. The molecule has 0 aromatic rings. The van der Waals surface area contributed by atoms with E-state index in [9.17, 15) is 9.59 Å². The van der Waals surface area contributed by atoms with Crippen LogP contribution in [0.1, 0.15) is 33.6 Å². The zero-order valence-electron chi connectivity index (χ0n) is 10.0.